The maximum absolute atomic E-state index is 6.88. The van der Waals surface area contributed by atoms with Gasteiger partial charge < -0.3 is 14.3 Å². The molecule has 0 bridgehead atoms. The molecule has 0 unspecified atom stereocenters. The highest BCUT2D eigenvalue weighted by molar-refractivity contribution is 7.26. The van der Waals surface area contributed by atoms with E-state index in [0.29, 0.717) is 0 Å². The molecule has 5 heterocycles. The molecule has 0 saturated carbocycles. The minimum atomic E-state index is 0.0000562. The van der Waals surface area contributed by atoms with Gasteiger partial charge in [-0.25, -0.2) is 0 Å². The lowest BCUT2D eigenvalue weighted by molar-refractivity contribution is 0.590. The summed E-state index contributed by atoms with van der Waals surface area (Å²) in [5.41, 5.74) is 13.7. The highest BCUT2D eigenvalue weighted by Crippen LogP contribution is 2.46. The van der Waals surface area contributed by atoms with Crippen LogP contribution in [0.2, 0.25) is 0 Å². The van der Waals surface area contributed by atoms with Crippen molar-refractivity contribution in [1.82, 2.24) is 4.57 Å². The number of benzene rings is 7. The van der Waals surface area contributed by atoms with Gasteiger partial charge in [0.25, 0.3) is 0 Å². The summed E-state index contributed by atoms with van der Waals surface area (Å²) in [6.07, 6.45) is 0. The predicted octanol–water partition coefficient (Wildman–Crippen LogP) is 14.2. The van der Waals surface area contributed by atoms with E-state index in [4.69, 9.17) is 4.42 Å². The number of nitrogens with one attached hydrogen (secondary N) is 1. The molecule has 0 amide bonds. The van der Waals surface area contributed by atoms with Crippen LogP contribution in [-0.4, -0.2) is 11.8 Å². The number of fused-ring (bicyclic) bond motifs is 13. The van der Waals surface area contributed by atoms with Gasteiger partial charge in [0.1, 0.15) is 5.58 Å². The largest absolute Gasteiger partial charge is 0.469 e. The van der Waals surface area contributed by atoms with Gasteiger partial charge >= 0.3 is 0 Å². The Balaban J connectivity index is 1.16. The number of furan rings is 1. The fourth-order valence-corrected chi connectivity index (χ4v) is 11.5. The molecule has 58 heavy (non-hydrogen) atoms. The lowest BCUT2D eigenvalue weighted by Gasteiger charge is -2.22. The molecule has 6 heteroatoms. The summed E-state index contributed by atoms with van der Waals surface area (Å²) < 4.78 is 14.6. The van der Waals surface area contributed by atoms with Gasteiger partial charge in [0, 0.05) is 79.0 Å². The summed E-state index contributed by atoms with van der Waals surface area (Å²) in [7, 11) is 2.32. The molecular formula is C52H40BN2OS2. The normalized spacial score (nSPS) is 13.1. The van der Waals surface area contributed by atoms with Gasteiger partial charge in [-0.3, -0.25) is 0 Å². The minimum Gasteiger partial charge on any atom is -0.469 e. The predicted molar refractivity (Wildman–Crippen MR) is 254 cm³/mol. The fraction of sp³-hybridized carbons (Fsp3) is 0.154. The second-order valence-corrected chi connectivity index (χ2v) is 20.3. The van der Waals surface area contributed by atoms with Crippen molar-refractivity contribution >= 4 is 126 Å². The van der Waals surface area contributed by atoms with Crippen molar-refractivity contribution in [3.05, 3.63) is 139 Å². The zero-order valence-electron chi connectivity index (χ0n) is 33.4. The van der Waals surface area contributed by atoms with E-state index in [1.165, 1.54) is 89.9 Å². The Labute approximate surface area is 345 Å². The second kappa shape index (κ2) is 11.9. The zero-order valence-corrected chi connectivity index (χ0v) is 35.0. The van der Waals surface area contributed by atoms with Crippen LogP contribution < -0.4 is 16.4 Å². The number of rotatable bonds is 3. The van der Waals surface area contributed by atoms with Gasteiger partial charge in [0.05, 0.1) is 16.9 Å². The van der Waals surface area contributed by atoms with Crippen LogP contribution in [0.25, 0.3) is 89.9 Å². The molecule has 12 rings (SSSR count). The van der Waals surface area contributed by atoms with E-state index >= 15 is 0 Å². The molecular weight excluding hydrogens is 744 g/mol. The first-order valence-electron chi connectivity index (χ1n) is 20.2. The van der Waals surface area contributed by atoms with Gasteiger partial charge in [-0.2, -0.15) is 0 Å². The van der Waals surface area contributed by atoms with Crippen molar-refractivity contribution in [1.29, 1.82) is 0 Å². The first-order valence-corrected chi connectivity index (χ1v) is 21.8. The molecule has 0 saturated heterocycles. The molecule has 1 radical (unpaired) electrons. The maximum atomic E-state index is 6.88. The van der Waals surface area contributed by atoms with Crippen molar-refractivity contribution in [3.8, 4) is 16.8 Å². The summed E-state index contributed by atoms with van der Waals surface area (Å²) >= 11 is 3.73. The molecule has 0 atom stereocenters. The molecule has 1 aliphatic rings. The van der Waals surface area contributed by atoms with Crippen molar-refractivity contribution in [2.24, 2.45) is 0 Å². The van der Waals surface area contributed by atoms with Gasteiger partial charge in [-0.15, -0.1) is 22.7 Å². The summed E-state index contributed by atoms with van der Waals surface area (Å²) in [6, 6.07) is 47.7. The Hall–Kier alpha value is -5.82. The fourth-order valence-electron chi connectivity index (χ4n) is 9.30. The minimum absolute atomic E-state index is 0.0000562. The van der Waals surface area contributed by atoms with Crippen molar-refractivity contribution in [2.75, 3.05) is 5.32 Å². The Bertz CT molecular complexity index is 3530. The molecule has 0 fully saturated rings. The van der Waals surface area contributed by atoms with Crippen LogP contribution in [0.1, 0.15) is 52.7 Å². The van der Waals surface area contributed by atoms with E-state index in [-0.39, 0.29) is 10.8 Å². The first-order chi connectivity index (χ1) is 28.0. The van der Waals surface area contributed by atoms with Gasteiger partial charge in [0.2, 0.25) is 7.28 Å². The number of hydrogen-bond donors (Lipinski definition) is 1. The van der Waals surface area contributed by atoms with Crippen LogP contribution in [0.3, 0.4) is 0 Å². The van der Waals surface area contributed by atoms with Crippen LogP contribution in [-0.2, 0) is 10.8 Å². The van der Waals surface area contributed by atoms with E-state index in [0.717, 1.165) is 33.7 Å². The third kappa shape index (κ3) is 4.98. The summed E-state index contributed by atoms with van der Waals surface area (Å²) in [4.78, 5) is 0. The summed E-state index contributed by atoms with van der Waals surface area (Å²) in [6.45, 7) is 13.7. The van der Waals surface area contributed by atoms with E-state index < -0.39 is 0 Å². The van der Waals surface area contributed by atoms with Crippen LogP contribution in [0.4, 0.5) is 11.4 Å². The number of thiophene rings is 2. The average molecular weight is 784 g/mol. The molecule has 1 aliphatic heterocycles. The standard InChI is InChI=1S/C52H40BN2OS2/c1-51(2,3)28-15-18-30(19-16-28)54-40-26-45-37(31-11-7-9-13-43(31)57-45)24-35(40)33-20-21-34-36-25-38-32-12-8-10-14-44(32)58-46(38)27-41(36)55-48(34)47(33)53-50-49(55)39-23-29(52(4,5)6)17-22-42(39)56-50/h7-27,54H,1-6H3. The van der Waals surface area contributed by atoms with Crippen molar-refractivity contribution in [3.63, 3.8) is 0 Å². The Morgan fingerprint density at radius 1 is 0.534 bits per heavy atom. The zero-order chi connectivity index (χ0) is 39.2. The Morgan fingerprint density at radius 2 is 1.19 bits per heavy atom. The summed E-state index contributed by atoms with van der Waals surface area (Å²) in [5, 5.41) is 12.8. The molecule has 7 aromatic carbocycles. The first kappa shape index (κ1) is 34.2. The maximum Gasteiger partial charge on any atom is 0.247 e. The lowest BCUT2D eigenvalue weighted by atomic mass is 9.62. The van der Waals surface area contributed by atoms with E-state index in [1.807, 2.05) is 22.7 Å². The molecule has 4 aromatic heterocycles. The molecule has 3 nitrogen and oxygen atoms in total. The molecule has 279 valence electrons. The van der Waals surface area contributed by atoms with Crippen LogP contribution >= 0.6 is 22.7 Å². The van der Waals surface area contributed by atoms with Gasteiger partial charge in [-0.1, -0.05) is 108 Å². The highest BCUT2D eigenvalue weighted by atomic mass is 32.1. The monoisotopic (exact) mass is 783 g/mol. The van der Waals surface area contributed by atoms with E-state index in [1.54, 1.807) is 0 Å². The average Bonchev–Trinajstić information content (AvgIpc) is 3.95. The Morgan fingerprint density at radius 3 is 1.90 bits per heavy atom. The molecule has 0 aliphatic carbocycles. The van der Waals surface area contributed by atoms with Crippen molar-refractivity contribution in [2.45, 2.75) is 52.4 Å². The number of hydrogen-bond acceptors (Lipinski definition) is 4. The SMILES string of the molecule is CC(C)(C)c1ccc(Nc2cc3sc4ccccc4c3cc2-c2ccc3c4cc5c(cc4n4c3c2[B]c2oc3ccc(C(C)(C)C)cc3c2-4)sc2ccccc25)cc1. The third-order valence-electron chi connectivity index (χ3n) is 12.4. The van der Waals surface area contributed by atoms with E-state index in [2.05, 4.69) is 186 Å². The third-order valence-corrected chi connectivity index (χ3v) is 14.6. The van der Waals surface area contributed by atoms with Gasteiger partial charge in [0.15, 0.2) is 0 Å². The quantitative estimate of drug-likeness (QED) is 0.181. The molecule has 0 spiro atoms. The number of nitrogens with zero attached hydrogens (tertiary/aromatic N) is 1. The smallest absolute Gasteiger partial charge is 0.247 e. The highest BCUT2D eigenvalue weighted by Gasteiger charge is 2.32. The van der Waals surface area contributed by atoms with Crippen LogP contribution in [0.15, 0.2) is 132 Å². The van der Waals surface area contributed by atoms with Crippen molar-refractivity contribution < 1.29 is 4.42 Å². The molecule has 1 N–H and O–H groups in total. The summed E-state index contributed by atoms with van der Waals surface area (Å²) in [5.74, 6) is 0. The van der Waals surface area contributed by atoms with Crippen LogP contribution in [0, 0.1) is 0 Å². The number of anilines is 2. The second-order valence-electron chi connectivity index (χ2n) is 18.1. The van der Waals surface area contributed by atoms with Gasteiger partial charge in [-0.05, 0) is 93.6 Å². The Kier molecular flexibility index (Phi) is 7.01. The number of aromatic nitrogens is 1. The van der Waals surface area contributed by atoms with Crippen LogP contribution in [0.5, 0.6) is 0 Å². The topological polar surface area (TPSA) is 30.1 Å². The molecule has 11 aromatic rings. The lowest BCUT2D eigenvalue weighted by Crippen LogP contribution is -2.36. The van der Waals surface area contributed by atoms with E-state index in [9.17, 15) is 0 Å².